The summed E-state index contributed by atoms with van der Waals surface area (Å²) in [4.78, 5) is 4.50. The van der Waals surface area contributed by atoms with Crippen molar-refractivity contribution >= 4 is 23.1 Å². The quantitative estimate of drug-likeness (QED) is 0.820. The zero-order valence-corrected chi connectivity index (χ0v) is 12.0. The Bertz CT molecular complexity index is 408. The first-order valence-electron chi connectivity index (χ1n) is 6.21. The van der Waals surface area contributed by atoms with Gasteiger partial charge in [-0.1, -0.05) is 25.1 Å². The van der Waals surface area contributed by atoms with Crippen molar-refractivity contribution in [3.8, 4) is 6.07 Å². The molecule has 0 amide bonds. The second-order valence-electron chi connectivity index (χ2n) is 4.73. The highest BCUT2D eigenvalue weighted by Gasteiger charge is 2.31. The van der Waals surface area contributed by atoms with Crippen LogP contribution in [-0.4, -0.2) is 10.2 Å². The van der Waals surface area contributed by atoms with Crippen LogP contribution in [0.25, 0.3) is 0 Å². The number of aromatic nitrogens is 1. The van der Waals surface area contributed by atoms with Crippen LogP contribution in [0.2, 0.25) is 0 Å². The van der Waals surface area contributed by atoms with Crippen LogP contribution in [0.15, 0.2) is 9.72 Å². The summed E-state index contributed by atoms with van der Waals surface area (Å²) in [7, 11) is 0. The third-order valence-corrected chi connectivity index (χ3v) is 5.94. The maximum Gasteiger partial charge on any atom is 0.150 e. The van der Waals surface area contributed by atoms with Gasteiger partial charge in [-0.15, -0.1) is 11.3 Å². The number of hydrogen-bond donors (Lipinski definition) is 0. The molecule has 2 rings (SSSR count). The Hall–Kier alpha value is -0.530. The number of aryl methyl sites for hydroxylation is 1. The molecule has 1 aromatic heterocycles. The lowest BCUT2D eigenvalue weighted by Crippen LogP contribution is -2.25. The van der Waals surface area contributed by atoms with Crippen LogP contribution in [0.5, 0.6) is 0 Å². The molecular weight excluding hydrogens is 248 g/mol. The number of thiazole rings is 1. The highest BCUT2D eigenvalue weighted by atomic mass is 32.2. The summed E-state index contributed by atoms with van der Waals surface area (Å²) in [6, 6.07) is 2.48. The highest BCUT2D eigenvalue weighted by Crippen LogP contribution is 2.41. The zero-order valence-electron chi connectivity index (χ0n) is 10.3. The highest BCUT2D eigenvalue weighted by molar-refractivity contribution is 8.01. The average Bonchev–Trinajstić information content (AvgIpc) is 2.74. The first-order chi connectivity index (χ1) is 8.22. The maximum absolute atomic E-state index is 9.22. The molecule has 0 N–H and O–H groups in total. The van der Waals surface area contributed by atoms with Crippen LogP contribution >= 0.6 is 23.1 Å². The van der Waals surface area contributed by atoms with Crippen molar-refractivity contribution in [2.45, 2.75) is 49.1 Å². The van der Waals surface area contributed by atoms with Gasteiger partial charge in [-0.2, -0.15) is 5.26 Å². The van der Waals surface area contributed by atoms with Gasteiger partial charge in [0, 0.05) is 16.3 Å². The maximum atomic E-state index is 9.22. The molecule has 1 heterocycles. The van der Waals surface area contributed by atoms with Gasteiger partial charge in [0.15, 0.2) is 0 Å². The fourth-order valence-corrected chi connectivity index (χ4v) is 4.82. The first-order valence-corrected chi connectivity index (χ1v) is 7.97. The molecule has 0 aliphatic heterocycles. The average molecular weight is 266 g/mol. The number of nitrogens with zero attached hydrogens (tertiary/aromatic N) is 2. The van der Waals surface area contributed by atoms with Crippen molar-refractivity contribution in [1.29, 1.82) is 5.26 Å². The summed E-state index contributed by atoms with van der Waals surface area (Å²) < 4.78 is 1.13. The van der Waals surface area contributed by atoms with E-state index in [1.54, 1.807) is 11.3 Å². The van der Waals surface area contributed by atoms with Gasteiger partial charge in [-0.05, 0) is 32.1 Å². The lowest BCUT2D eigenvalue weighted by molar-refractivity contribution is 0.317. The summed E-state index contributed by atoms with van der Waals surface area (Å²) in [6.07, 6.45) is 4.71. The second-order valence-corrected chi connectivity index (χ2v) is 7.08. The van der Waals surface area contributed by atoms with Gasteiger partial charge in [0.05, 0.1) is 12.0 Å². The minimum Gasteiger partial charge on any atom is -0.235 e. The Morgan fingerprint density at radius 2 is 2.41 bits per heavy atom. The van der Waals surface area contributed by atoms with Crippen molar-refractivity contribution in [3.05, 3.63) is 11.1 Å². The molecule has 2 nitrogen and oxygen atoms in total. The Morgan fingerprint density at radius 3 is 3.00 bits per heavy atom. The van der Waals surface area contributed by atoms with E-state index in [1.807, 2.05) is 18.7 Å². The number of hydrogen-bond acceptors (Lipinski definition) is 4. The Balaban J connectivity index is 2.03. The van der Waals surface area contributed by atoms with Gasteiger partial charge in [0.25, 0.3) is 0 Å². The fourth-order valence-electron chi connectivity index (χ4n) is 2.38. The minimum absolute atomic E-state index is 0.215. The van der Waals surface area contributed by atoms with E-state index >= 15 is 0 Å². The molecule has 1 aromatic rings. The van der Waals surface area contributed by atoms with E-state index < -0.39 is 0 Å². The van der Waals surface area contributed by atoms with Crippen molar-refractivity contribution in [2.75, 3.05) is 0 Å². The lowest BCUT2D eigenvalue weighted by Gasteiger charge is -2.31. The molecule has 3 atom stereocenters. The van der Waals surface area contributed by atoms with E-state index in [4.69, 9.17) is 0 Å². The molecule has 92 valence electrons. The van der Waals surface area contributed by atoms with E-state index in [2.05, 4.69) is 23.4 Å². The topological polar surface area (TPSA) is 36.7 Å². The van der Waals surface area contributed by atoms with E-state index in [9.17, 15) is 5.26 Å². The van der Waals surface area contributed by atoms with Crippen LogP contribution in [0.1, 0.15) is 38.3 Å². The van der Waals surface area contributed by atoms with Crippen molar-refractivity contribution in [1.82, 2.24) is 4.98 Å². The molecule has 1 aliphatic rings. The normalized spacial score (nSPS) is 28.9. The lowest BCUT2D eigenvalue weighted by atomic mass is 9.81. The van der Waals surface area contributed by atoms with Gasteiger partial charge < -0.3 is 0 Å². The van der Waals surface area contributed by atoms with E-state index in [0.717, 1.165) is 22.4 Å². The molecule has 1 saturated carbocycles. The standard InChI is InChI=1S/C13H18N2S2/c1-3-10-4-5-11(7-14)12(6-10)17-13-15-9(2)8-16-13/h8,10-12H,3-6H2,1-2H3. The second kappa shape index (κ2) is 5.88. The van der Waals surface area contributed by atoms with Crippen molar-refractivity contribution in [3.63, 3.8) is 0 Å². The molecule has 1 fully saturated rings. The van der Waals surface area contributed by atoms with Crippen molar-refractivity contribution in [2.24, 2.45) is 11.8 Å². The van der Waals surface area contributed by atoms with Crippen LogP contribution in [0, 0.1) is 30.1 Å². The van der Waals surface area contributed by atoms with Gasteiger partial charge in [-0.3, -0.25) is 0 Å². The third-order valence-electron chi connectivity index (χ3n) is 3.49. The summed E-state index contributed by atoms with van der Waals surface area (Å²) in [5.74, 6) is 1.02. The Kier molecular flexibility index (Phi) is 4.47. The smallest absolute Gasteiger partial charge is 0.150 e. The van der Waals surface area contributed by atoms with Crippen LogP contribution in [0.3, 0.4) is 0 Å². The number of thioether (sulfide) groups is 1. The number of rotatable bonds is 3. The summed E-state index contributed by atoms with van der Waals surface area (Å²) in [6.45, 7) is 4.28. The van der Waals surface area contributed by atoms with Crippen LogP contribution in [-0.2, 0) is 0 Å². The predicted molar refractivity (Wildman–Crippen MR) is 73.2 cm³/mol. The predicted octanol–water partition coefficient (Wildman–Crippen LogP) is 4.26. The molecule has 0 spiro atoms. The summed E-state index contributed by atoms with van der Waals surface area (Å²) in [5.41, 5.74) is 1.09. The summed E-state index contributed by atoms with van der Waals surface area (Å²) in [5, 5.41) is 11.8. The van der Waals surface area contributed by atoms with Gasteiger partial charge >= 0.3 is 0 Å². The number of nitriles is 1. The van der Waals surface area contributed by atoms with Crippen LogP contribution < -0.4 is 0 Å². The fraction of sp³-hybridized carbons (Fsp3) is 0.692. The molecule has 1 aliphatic carbocycles. The Labute approximate surface area is 111 Å². The molecular formula is C13H18N2S2. The zero-order chi connectivity index (χ0) is 12.3. The largest absolute Gasteiger partial charge is 0.235 e. The van der Waals surface area contributed by atoms with E-state index in [1.165, 1.54) is 19.3 Å². The molecule has 4 heteroatoms. The minimum atomic E-state index is 0.215. The molecule has 0 aromatic carbocycles. The monoisotopic (exact) mass is 266 g/mol. The molecule has 17 heavy (non-hydrogen) atoms. The molecule has 3 unspecified atom stereocenters. The van der Waals surface area contributed by atoms with Gasteiger partial charge in [0.2, 0.25) is 0 Å². The van der Waals surface area contributed by atoms with Gasteiger partial charge in [0.1, 0.15) is 4.34 Å². The SMILES string of the molecule is CCC1CCC(C#N)C(Sc2nc(C)cs2)C1. The summed E-state index contributed by atoms with van der Waals surface area (Å²) >= 11 is 3.53. The molecule has 0 saturated heterocycles. The van der Waals surface area contributed by atoms with E-state index in [-0.39, 0.29) is 5.92 Å². The molecule has 0 radical (unpaired) electrons. The van der Waals surface area contributed by atoms with Crippen LogP contribution in [0.4, 0.5) is 0 Å². The Morgan fingerprint density at radius 1 is 1.59 bits per heavy atom. The van der Waals surface area contributed by atoms with Crippen molar-refractivity contribution < 1.29 is 0 Å². The molecule has 0 bridgehead atoms. The third kappa shape index (κ3) is 3.23. The van der Waals surface area contributed by atoms with Gasteiger partial charge in [-0.25, -0.2) is 4.98 Å². The van der Waals surface area contributed by atoms with E-state index in [0.29, 0.717) is 5.25 Å². The first kappa shape index (κ1) is 12.9.